The van der Waals surface area contributed by atoms with Crippen LogP contribution in [-0.4, -0.2) is 14.6 Å². The lowest BCUT2D eigenvalue weighted by atomic mass is 10.0. The number of rotatable bonds is 1. The topological polar surface area (TPSA) is 30.2 Å². The van der Waals surface area contributed by atoms with Gasteiger partial charge in [0.2, 0.25) is 0 Å². The fourth-order valence-corrected chi connectivity index (χ4v) is 3.40. The summed E-state index contributed by atoms with van der Waals surface area (Å²) in [7, 11) is 0. The lowest BCUT2D eigenvalue weighted by molar-refractivity contribution is 0.923. The lowest BCUT2D eigenvalue weighted by Gasteiger charge is -2.10. The maximum Gasteiger partial charge on any atom is 0.162 e. The molecule has 0 atom stereocenters. The van der Waals surface area contributed by atoms with Crippen molar-refractivity contribution in [2.75, 3.05) is 0 Å². The zero-order valence-corrected chi connectivity index (χ0v) is 13.3. The molecule has 0 radical (unpaired) electrons. The van der Waals surface area contributed by atoms with Crippen molar-refractivity contribution in [3.8, 4) is 11.4 Å². The van der Waals surface area contributed by atoms with E-state index in [2.05, 4.69) is 60.7 Å². The zero-order valence-electron chi connectivity index (χ0n) is 13.3. The van der Waals surface area contributed by atoms with Gasteiger partial charge in [0.15, 0.2) is 5.82 Å². The maximum atomic E-state index is 4.94. The molecule has 2 heterocycles. The van der Waals surface area contributed by atoms with Gasteiger partial charge in [0, 0.05) is 10.9 Å². The second-order valence-corrected chi connectivity index (χ2v) is 6.06. The van der Waals surface area contributed by atoms with Crippen molar-refractivity contribution >= 4 is 27.2 Å². The minimum Gasteiger partial charge on any atom is -0.228 e. The van der Waals surface area contributed by atoms with Gasteiger partial charge in [0.1, 0.15) is 0 Å². The molecule has 0 unspecified atom stereocenters. The molecule has 0 aliphatic carbocycles. The molecule has 0 bridgehead atoms. The monoisotopic (exact) mass is 309 g/mol. The van der Waals surface area contributed by atoms with Gasteiger partial charge in [-0.15, -0.1) is 0 Å². The van der Waals surface area contributed by atoms with Crippen LogP contribution in [0.5, 0.6) is 0 Å². The SMILES string of the molecule is Cc1cc2c3ccccc3nc(-c3cccc4ccccc34)n2n1. The number of nitrogens with zero attached hydrogens (tertiary/aromatic N) is 3. The van der Waals surface area contributed by atoms with Crippen molar-refractivity contribution in [1.82, 2.24) is 14.6 Å². The molecule has 0 aliphatic heterocycles. The average molecular weight is 309 g/mol. The molecule has 5 aromatic rings. The molecule has 2 aromatic heterocycles. The Morgan fingerprint density at radius 2 is 1.54 bits per heavy atom. The highest BCUT2D eigenvalue weighted by molar-refractivity contribution is 5.99. The normalized spacial score (nSPS) is 11.5. The van der Waals surface area contributed by atoms with E-state index < -0.39 is 0 Å². The highest BCUT2D eigenvalue weighted by atomic mass is 15.3. The number of aromatic nitrogens is 3. The predicted molar refractivity (Wildman–Crippen MR) is 98.2 cm³/mol. The Hall–Kier alpha value is -3.20. The third kappa shape index (κ3) is 1.85. The van der Waals surface area contributed by atoms with Crippen LogP contribution >= 0.6 is 0 Å². The van der Waals surface area contributed by atoms with E-state index in [-0.39, 0.29) is 0 Å². The summed E-state index contributed by atoms with van der Waals surface area (Å²) in [5.74, 6) is 0.883. The van der Waals surface area contributed by atoms with E-state index in [9.17, 15) is 0 Å². The van der Waals surface area contributed by atoms with Crippen LogP contribution in [0.25, 0.3) is 38.6 Å². The van der Waals surface area contributed by atoms with Crippen LogP contribution in [0.4, 0.5) is 0 Å². The molecule has 0 N–H and O–H groups in total. The van der Waals surface area contributed by atoms with E-state index in [4.69, 9.17) is 10.1 Å². The second kappa shape index (κ2) is 4.90. The molecule has 3 aromatic carbocycles. The number of benzene rings is 3. The van der Waals surface area contributed by atoms with Crippen molar-refractivity contribution in [1.29, 1.82) is 0 Å². The Morgan fingerprint density at radius 3 is 2.46 bits per heavy atom. The molecule has 0 amide bonds. The summed E-state index contributed by atoms with van der Waals surface area (Å²) < 4.78 is 1.97. The van der Waals surface area contributed by atoms with Crippen LogP contribution in [0.1, 0.15) is 5.69 Å². The van der Waals surface area contributed by atoms with Crippen molar-refractivity contribution in [3.63, 3.8) is 0 Å². The van der Waals surface area contributed by atoms with E-state index in [1.165, 1.54) is 10.8 Å². The van der Waals surface area contributed by atoms with E-state index in [1.807, 2.05) is 23.6 Å². The number of para-hydroxylation sites is 1. The molecule has 0 saturated carbocycles. The van der Waals surface area contributed by atoms with Gasteiger partial charge < -0.3 is 0 Å². The second-order valence-electron chi connectivity index (χ2n) is 6.06. The number of hydrogen-bond donors (Lipinski definition) is 0. The summed E-state index contributed by atoms with van der Waals surface area (Å²) >= 11 is 0. The Balaban J connectivity index is 1.97. The summed E-state index contributed by atoms with van der Waals surface area (Å²) in [6.45, 7) is 2.02. The minimum absolute atomic E-state index is 0.883. The van der Waals surface area contributed by atoms with Gasteiger partial charge in [0.25, 0.3) is 0 Å². The van der Waals surface area contributed by atoms with Gasteiger partial charge in [-0.3, -0.25) is 0 Å². The molecule has 114 valence electrons. The predicted octanol–water partition coefficient (Wildman–Crippen LogP) is 5.01. The molecule has 3 nitrogen and oxygen atoms in total. The maximum absolute atomic E-state index is 4.94. The van der Waals surface area contributed by atoms with Crippen molar-refractivity contribution in [2.45, 2.75) is 6.92 Å². The molecule has 3 heteroatoms. The first-order chi connectivity index (χ1) is 11.8. The molecule has 0 fully saturated rings. The van der Waals surface area contributed by atoms with Crippen LogP contribution in [0, 0.1) is 6.92 Å². The Labute approximate surface area is 139 Å². The molecule has 0 spiro atoms. The quantitative estimate of drug-likeness (QED) is 0.435. The van der Waals surface area contributed by atoms with Crippen LogP contribution in [0.2, 0.25) is 0 Å². The van der Waals surface area contributed by atoms with Crippen molar-refractivity contribution < 1.29 is 0 Å². The van der Waals surface area contributed by atoms with Crippen LogP contribution in [0.15, 0.2) is 72.8 Å². The van der Waals surface area contributed by atoms with Crippen molar-refractivity contribution in [3.05, 3.63) is 78.5 Å². The standard InChI is InChI=1S/C21H15N3/c1-14-13-20-18-10-4-5-12-19(18)22-21(24(20)23-14)17-11-6-8-15-7-2-3-9-16(15)17/h2-13H,1H3. The number of fused-ring (bicyclic) bond motifs is 4. The third-order valence-corrected chi connectivity index (χ3v) is 4.47. The van der Waals surface area contributed by atoms with Gasteiger partial charge in [-0.2, -0.15) is 5.10 Å². The minimum atomic E-state index is 0.883. The van der Waals surface area contributed by atoms with Crippen LogP contribution in [-0.2, 0) is 0 Å². The Morgan fingerprint density at radius 1 is 0.792 bits per heavy atom. The van der Waals surface area contributed by atoms with Crippen LogP contribution in [0.3, 0.4) is 0 Å². The smallest absolute Gasteiger partial charge is 0.162 e. The van der Waals surface area contributed by atoms with Gasteiger partial charge in [0.05, 0.1) is 16.7 Å². The summed E-state index contributed by atoms with van der Waals surface area (Å²) in [6, 6.07) is 25.1. The summed E-state index contributed by atoms with van der Waals surface area (Å²) in [5.41, 5.74) is 4.19. The summed E-state index contributed by atoms with van der Waals surface area (Å²) in [5, 5.41) is 8.23. The summed E-state index contributed by atoms with van der Waals surface area (Å²) in [6.07, 6.45) is 0. The highest BCUT2D eigenvalue weighted by Crippen LogP contribution is 2.30. The average Bonchev–Trinajstić information content (AvgIpc) is 3.02. The summed E-state index contributed by atoms with van der Waals surface area (Å²) in [4.78, 5) is 4.94. The highest BCUT2D eigenvalue weighted by Gasteiger charge is 2.13. The molecule has 0 aliphatic rings. The van der Waals surface area contributed by atoms with Gasteiger partial charge in [-0.05, 0) is 29.8 Å². The van der Waals surface area contributed by atoms with E-state index >= 15 is 0 Å². The molecule has 5 rings (SSSR count). The van der Waals surface area contributed by atoms with E-state index in [1.54, 1.807) is 0 Å². The first-order valence-corrected chi connectivity index (χ1v) is 8.04. The molecule has 24 heavy (non-hydrogen) atoms. The zero-order chi connectivity index (χ0) is 16.1. The first kappa shape index (κ1) is 13.3. The molecular weight excluding hydrogens is 294 g/mol. The van der Waals surface area contributed by atoms with Gasteiger partial charge in [-0.1, -0.05) is 60.7 Å². The van der Waals surface area contributed by atoms with Crippen molar-refractivity contribution in [2.24, 2.45) is 0 Å². The third-order valence-electron chi connectivity index (χ3n) is 4.47. The largest absolute Gasteiger partial charge is 0.228 e. The first-order valence-electron chi connectivity index (χ1n) is 8.04. The molecule has 0 saturated heterocycles. The fourth-order valence-electron chi connectivity index (χ4n) is 3.40. The van der Waals surface area contributed by atoms with Gasteiger partial charge in [-0.25, -0.2) is 9.50 Å². The fraction of sp³-hybridized carbons (Fsp3) is 0.0476. The van der Waals surface area contributed by atoms with E-state index in [0.29, 0.717) is 0 Å². The lowest BCUT2D eigenvalue weighted by Crippen LogP contribution is -1.99. The van der Waals surface area contributed by atoms with Crippen LogP contribution < -0.4 is 0 Å². The number of hydrogen-bond acceptors (Lipinski definition) is 2. The van der Waals surface area contributed by atoms with Gasteiger partial charge >= 0.3 is 0 Å². The number of aryl methyl sites for hydroxylation is 1. The van der Waals surface area contributed by atoms with E-state index in [0.717, 1.165) is 33.5 Å². The molecular formula is C21H15N3. The Bertz CT molecular complexity index is 1210. The Kier molecular flexibility index (Phi) is 2.71.